The van der Waals surface area contributed by atoms with Crippen molar-refractivity contribution in [1.82, 2.24) is 19.9 Å². The molecular formula is C14H19N5O3. The summed E-state index contributed by atoms with van der Waals surface area (Å²) in [4.78, 5) is 28.3. The SMILES string of the molecule is CCCC(C(C)=O)n1ccnc(NCc2nonc2C)c1=O. The van der Waals surface area contributed by atoms with Gasteiger partial charge in [-0.15, -0.1) is 0 Å². The van der Waals surface area contributed by atoms with Gasteiger partial charge in [0.2, 0.25) is 0 Å². The fourth-order valence-electron chi connectivity index (χ4n) is 2.18. The monoisotopic (exact) mass is 305 g/mol. The first-order valence-corrected chi connectivity index (χ1v) is 7.14. The zero-order valence-electron chi connectivity index (χ0n) is 12.9. The Bertz CT molecular complexity index is 706. The van der Waals surface area contributed by atoms with Crippen molar-refractivity contribution in [2.24, 2.45) is 0 Å². The number of aryl methyl sites for hydroxylation is 1. The van der Waals surface area contributed by atoms with Crippen LogP contribution in [0.25, 0.3) is 0 Å². The van der Waals surface area contributed by atoms with E-state index >= 15 is 0 Å². The third kappa shape index (κ3) is 3.38. The topological polar surface area (TPSA) is 103 Å². The Hall–Kier alpha value is -2.51. The predicted octanol–water partition coefficient (Wildman–Crippen LogP) is 1.48. The van der Waals surface area contributed by atoms with E-state index in [4.69, 9.17) is 0 Å². The molecule has 2 aromatic heterocycles. The maximum Gasteiger partial charge on any atom is 0.293 e. The van der Waals surface area contributed by atoms with Crippen molar-refractivity contribution in [2.75, 3.05) is 5.32 Å². The molecular weight excluding hydrogens is 286 g/mol. The molecule has 118 valence electrons. The maximum absolute atomic E-state index is 12.5. The van der Waals surface area contributed by atoms with E-state index in [-0.39, 0.29) is 23.7 Å². The summed E-state index contributed by atoms with van der Waals surface area (Å²) in [6.07, 6.45) is 4.47. The average molecular weight is 305 g/mol. The fraction of sp³-hybridized carbons (Fsp3) is 0.500. The Labute approximate surface area is 127 Å². The molecule has 0 bridgehead atoms. The Morgan fingerprint density at radius 3 is 2.82 bits per heavy atom. The molecule has 8 nitrogen and oxygen atoms in total. The molecule has 0 aromatic carbocycles. The van der Waals surface area contributed by atoms with Crippen LogP contribution < -0.4 is 10.9 Å². The van der Waals surface area contributed by atoms with Gasteiger partial charge in [0.05, 0.1) is 12.6 Å². The molecule has 1 unspecified atom stereocenters. The molecule has 0 saturated carbocycles. The lowest BCUT2D eigenvalue weighted by atomic mass is 10.1. The van der Waals surface area contributed by atoms with Crippen LogP contribution in [0.15, 0.2) is 21.8 Å². The molecule has 1 N–H and O–H groups in total. The summed E-state index contributed by atoms with van der Waals surface area (Å²) >= 11 is 0. The van der Waals surface area contributed by atoms with E-state index in [9.17, 15) is 9.59 Å². The summed E-state index contributed by atoms with van der Waals surface area (Å²) in [7, 11) is 0. The van der Waals surface area contributed by atoms with Crippen LogP contribution in [0.1, 0.15) is 44.1 Å². The van der Waals surface area contributed by atoms with Crippen molar-refractivity contribution in [3.63, 3.8) is 0 Å². The quantitative estimate of drug-likeness (QED) is 0.826. The summed E-state index contributed by atoms with van der Waals surface area (Å²) in [5.74, 6) is 0.130. The predicted molar refractivity (Wildman–Crippen MR) is 79.5 cm³/mol. The smallest absolute Gasteiger partial charge is 0.293 e. The van der Waals surface area contributed by atoms with Crippen molar-refractivity contribution in [2.45, 2.75) is 46.2 Å². The number of nitrogens with zero attached hydrogens (tertiary/aromatic N) is 4. The number of rotatable bonds is 7. The van der Waals surface area contributed by atoms with Gasteiger partial charge in [0.1, 0.15) is 11.4 Å². The van der Waals surface area contributed by atoms with Crippen LogP contribution in [-0.4, -0.2) is 25.6 Å². The second kappa shape index (κ2) is 6.97. The molecule has 8 heteroatoms. The van der Waals surface area contributed by atoms with Gasteiger partial charge in [-0.25, -0.2) is 9.61 Å². The number of hydrogen-bond donors (Lipinski definition) is 1. The summed E-state index contributed by atoms with van der Waals surface area (Å²) in [5, 5.41) is 10.3. The van der Waals surface area contributed by atoms with Crippen molar-refractivity contribution < 1.29 is 9.42 Å². The zero-order valence-corrected chi connectivity index (χ0v) is 12.9. The van der Waals surface area contributed by atoms with Crippen molar-refractivity contribution in [3.8, 4) is 0 Å². The van der Waals surface area contributed by atoms with E-state index < -0.39 is 6.04 Å². The van der Waals surface area contributed by atoms with Gasteiger partial charge in [0.25, 0.3) is 5.56 Å². The van der Waals surface area contributed by atoms with Crippen LogP contribution in [0.3, 0.4) is 0 Å². The number of ketones is 1. The number of hydrogen-bond acceptors (Lipinski definition) is 7. The third-order valence-corrected chi connectivity index (χ3v) is 3.40. The van der Waals surface area contributed by atoms with E-state index in [1.807, 2.05) is 6.92 Å². The summed E-state index contributed by atoms with van der Waals surface area (Å²) in [5.41, 5.74) is 0.926. The molecule has 0 aliphatic rings. The largest absolute Gasteiger partial charge is 0.360 e. The van der Waals surface area contributed by atoms with Gasteiger partial charge >= 0.3 is 0 Å². The van der Waals surface area contributed by atoms with Gasteiger partial charge < -0.3 is 9.88 Å². The van der Waals surface area contributed by atoms with Gasteiger partial charge in [0, 0.05) is 12.4 Å². The Morgan fingerprint density at radius 1 is 1.45 bits per heavy atom. The van der Waals surface area contributed by atoms with Gasteiger partial charge in [-0.1, -0.05) is 23.7 Å². The molecule has 2 heterocycles. The molecule has 0 fully saturated rings. The molecule has 22 heavy (non-hydrogen) atoms. The highest BCUT2D eigenvalue weighted by molar-refractivity contribution is 5.79. The Kier molecular flexibility index (Phi) is 5.03. The van der Waals surface area contributed by atoms with Gasteiger partial charge in [-0.05, 0) is 20.3 Å². The molecule has 0 radical (unpaired) electrons. The van der Waals surface area contributed by atoms with Crippen LogP contribution in [-0.2, 0) is 11.3 Å². The van der Waals surface area contributed by atoms with Crippen LogP contribution in [0.5, 0.6) is 0 Å². The lowest BCUT2D eigenvalue weighted by Gasteiger charge is -2.16. The number of Topliss-reactive ketones (excluding diaryl/α,β-unsaturated/α-hetero) is 1. The first-order valence-electron chi connectivity index (χ1n) is 7.14. The maximum atomic E-state index is 12.5. The minimum Gasteiger partial charge on any atom is -0.360 e. The minimum atomic E-state index is -0.462. The fourth-order valence-corrected chi connectivity index (χ4v) is 2.18. The highest BCUT2D eigenvalue weighted by atomic mass is 16.6. The highest BCUT2D eigenvalue weighted by Gasteiger charge is 2.18. The third-order valence-electron chi connectivity index (χ3n) is 3.40. The standard InChI is InChI=1S/C14H19N5O3/c1-4-5-12(10(3)20)19-7-6-15-13(14(19)21)16-8-11-9(2)17-22-18-11/h6-7,12H,4-5,8H2,1-3H3,(H,15,16). The lowest BCUT2D eigenvalue weighted by molar-refractivity contribution is -0.120. The van der Waals surface area contributed by atoms with Gasteiger partial charge in [0.15, 0.2) is 11.6 Å². The molecule has 0 amide bonds. The molecule has 2 aromatic rings. The minimum absolute atomic E-state index is 0.0438. The van der Waals surface area contributed by atoms with E-state index in [0.29, 0.717) is 17.8 Å². The van der Waals surface area contributed by atoms with E-state index in [1.165, 1.54) is 23.9 Å². The molecule has 0 saturated heterocycles. The highest BCUT2D eigenvalue weighted by Crippen LogP contribution is 2.13. The number of anilines is 1. The first-order chi connectivity index (χ1) is 10.5. The summed E-state index contributed by atoms with van der Waals surface area (Å²) in [6.45, 7) is 5.50. The molecule has 0 spiro atoms. The van der Waals surface area contributed by atoms with Crippen LogP contribution in [0.2, 0.25) is 0 Å². The van der Waals surface area contributed by atoms with Crippen molar-refractivity contribution in [1.29, 1.82) is 0 Å². The van der Waals surface area contributed by atoms with Crippen molar-refractivity contribution >= 4 is 11.6 Å². The number of carbonyl (C=O) groups excluding carboxylic acids is 1. The van der Waals surface area contributed by atoms with Crippen LogP contribution in [0.4, 0.5) is 5.82 Å². The van der Waals surface area contributed by atoms with Gasteiger partial charge in [-0.3, -0.25) is 9.59 Å². The molecule has 2 rings (SSSR count). The average Bonchev–Trinajstić information content (AvgIpc) is 2.89. The van der Waals surface area contributed by atoms with Crippen LogP contribution in [0, 0.1) is 6.92 Å². The van der Waals surface area contributed by atoms with E-state index in [0.717, 1.165) is 6.42 Å². The molecule has 1 atom stereocenters. The second-order valence-corrected chi connectivity index (χ2v) is 5.05. The Morgan fingerprint density at radius 2 is 2.23 bits per heavy atom. The summed E-state index contributed by atoms with van der Waals surface area (Å²) < 4.78 is 6.03. The second-order valence-electron chi connectivity index (χ2n) is 5.05. The number of carbonyl (C=O) groups is 1. The van der Waals surface area contributed by atoms with Gasteiger partial charge in [-0.2, -0.15) is 0 Å². The Balaban J connectivity index is 2.23. The normalized spacial score (nSPS) is 12.1. The van der Waals surface area contributed by atoms with Crippen molar-refractivity contribution in [3.05, 3.63) is 34.1 Å². The summed E-state index contributed by atoms with van der Waals surface area (Å²) in [6, 6.07) is -0.462. The number of aromatic nitrogens is 4. The number of nitrogens with one attached hydrogen (secondary N) is 1. The first kappa shape index (κ1) is 15.9. The zero-order chi connectivity index (χ0) is 16.1. The van der Waals surface area contributed by atoms with E-state index in [2.05, 4.69) is 25.2 Å². The molecule has 0 aliphatic carbocycles. The van der Waals surface area contributed by atoms with E-state index in [1.54, 1.807) is 6.92 Å². The molecule has 0 aliphatic heterocycles. The van der Waals surface area contributed by atoms with Crippen LogP contribution >= 0.6 is 0 Å². The lowest BCUT2D eigenvalue weighted by Crippen LogP contribution is -2.31.